The molecule has 0 atom stereocenters. The number of rotatable bonds is 2. The molecule has 0 spiro atoms. The molecular formula is C13H21NO. The van der Waals surface area contributed by atoms with Gasteiger partial charge in [0, 0.05) is 5.92 Å². The van der Waals surface area contributed by atoms with E-state index >= 15 is 0 Å². The lowest BCUT2D eigenvalue weighted by Crippen LogP contribution is -2.47. The molecule has 0 aliphatic heterocycles. The molecule has 0 radical (unpaired) electrons. The third-order valence-electron chi connectivity index (χ3n) is 5.10. The van der Waals surface area contributed by atoms with Gasteiger partial charge in [0.15, 0.2) is 0 Å². The molecule has 0 aromatic heterocycles. The maximum Gasteiger partial charge on any atom is 0.0604 e. The molecule has 4 fully saturated rings. The van der Waals surface area contributed by atoms with Crippen LogP contribution in [0.4, 0.5) is 0 Å². The largest absolute Gasteiger partial charge is 0.411 e. The lowest BCUT2D eigenvalue weighted by molar-refractivity contribution is -0.00988. The lowest BCUT2D eigenvalue weighted by Gasteiger charge is -2.54. The molecular weight excluding hydrogens is 186 g/mol. The van der Waals surface area contributed by atoms with Crippen molar-refractivity contribution >= 4 is 5.71 Å². The second-order valence-electron chi connectivity index (χ2n) is 5.90. The van der Waals surface area contributed by atoms with Gasteiger partial charge in [-0.25, -0.2) is 0 Å². The Balaban J connectivity index is 1.85. The highest BCUT2D eigenvalue weighted by molar-refractivity contribution is 5.86. The van der Waals surface area contributed by atoms with Crippen LogP contribution >= 0.6 is 0 Å². The van der Waals surface area contributed by atoms with Crippen molar-refractivity contribution in [1.82, 2.24) is 0 Å². The molecule has 0 unspecified atom stereocenters. The summed E-state index contributed by atoms with van der Waals surface area (Å²) in [6, 6.07) is 0. The second-order valence-corrected chi connectivity index (χ2v) is 5.90. The summed E-state index contributed by atoms with van der Waals surface area (Å²) in [6.07, 6.45) is 8.09. The first-order valence-corrected chi connectivity index (χ1v) is 6.52. The number of oxime groups is 1. The molecule has 0 aromatic carbocycles. The first-order chi connectivity index (χ1) is 7.31. The Morgan fingerprint density at radius 3 is 2.00 bits per heavy atom. The first kappa shape index (κ1) is 9.68. The van der Waals surface area contributed by atoms with Crippen LogP contribution in [-0.4, -0.2) is 10.9 Å². The summed E-state index contributed by atoms with van der Waals surface area (Å²) >= 11 is 0. The van der Waals surface area contributed by atoms with Crippen LogP contribution in [0.1, 0.15) is 45.4 Å². The lowest BCUT2D eigenvalue weighted by atomic mass is 9.51. The van der Waals surface area contributed by atoms with E-state index in [1.165, 1.54) is 32.1 Å². The quantitative estimate of drug-likeness (QED) is 0.420. The summed E-state index contributed by atoms with van der Waals surface area (Å²) < 4.78 is 0. The fourth-order valence-electron chi connectivity index (χ4n) is 4.84. The highest BCUT2D eigenvalue weighted by Gasteiger charge is 2.49. The Morgan fingerprint density at radius 1 is 1.07 bits per heavy atom. The fraction of sp³-hybridized carbons (Fsp3) is 0.923. The van der Waals surface area contributed by atoms with E-state index in [1.54, 1.807) is 0 Å². The Labute approximate surface area is 91.7 Å². The molecule has 1 N–H and O–H groups in total. The zero-order valence-corrected chi connectivity index (χ0v) is 9.52. The van der Waals surface area contributed by atoms with Gasteiger partial charge in [-0.1, -0.05) is 12.1 Å². The summed E-state index contributed by atoms with van der Waals surface area (Å²) in [5.41, 5.74) is 1.09. The zero-order chi connectivity index (χ0) is 10.4. The van der Waals surface area contributed by atoms with E-state index in [2.05, 4.69) is 12.1 Å². The molecule has 0 heterocycles. The van der Waals surface area contributed by atoms with E-state index in [-0.39, 0.29) is 0 Å². The van der Waals surface area contributed by atoms with Gasteiger partial charge in [-0.2, -0.15) is 0 Å². The summed E-state index contributed by atoms with van der Waals surface area (Å²) in [6.45, 7) is 2.13. The minimum absolute atomic E-state index is 0.632. The summed E-state index contributed by atoms with van der Waals surface area (Å²) in [4.78, 5) is 0. The Hall–Kier alpha value is -0.530. The van der Waals surface area contributed by atoms with Gasteiger partial charge in [0.25, 0.3) is 0 Å². The third-order valence-corrected chi connectivity index (χ3v) is 5.10. The van der Waals surface area contributed by atoms with Crippen molar-refractivity contribution in [1.29, 1.82) is 0 Å². The van der Waals surface area contributed by atoms with Crippen molar-refractivity contribution in [2.75, 3.05) is 0 Å². The highest BCUT2D eigenvalue weighted by Crippen LogP contribution is 2.56. The Kier molecular flexibility index (Phi) is 2.26. The predicted octanol–water partition coefficient (Wildman–Crippen LogP) is 3.30. The van der Waals surface area contributed by atoms with E-state index in [4.69, 9.17) is 5.21 Å². The molecule has 2 nitrogen and oxygen atoms in total. The van der Waals surface area contributed by atoms with Crippen molar-refractivity contribution in [3.05, 3.63) is 0 Å². The van der Waals surface area contributed by atoms with Crippen LogP contribution in [-0.2, 0) is 0 Å². The maximum absolute atomic E-state index is 9.10. The molecule has 84 valence electrons. The van der Waals surface area contributed by atoms with E-state index < -0.39 is 0 Å². The predicted molar refractivity (Wildman–Crippen MR) is 60.0 cm³/mol. The smallest absolute Gasteiger partial charge is 0.0604 e. The number of hydrogen-bond acceptors (Lipinski definition) is 2. The van der Waals surface area contributed by atoms with Crippen LogP contribution in [0.5, 0.6) is 0 Å². The first-order valence-electron chi connectivity index (χ1n) is 6.52. The second kappa shape index (κ2) is 3.50. The van der Waals surface area contributed by atoms with Crippen molar-refractivity contribution in [2.24, 2.45) is 34.7 Å². The van der Waals surface area contributed by atoms with Crippen LogP contribution in [0.25, 0.3) is 0 Å². The molecule has 15 heavy (non-hydrogen) atoms. The van der Waals surface area contributed by atoms with Gasteiger partial charge in [0.1, 0.15) is 0 Å². The van der Waals surface area contributed by atoms with E-state index in [0.717, 1.165) is 35.8 Å². The molecule has 0 amide bonds. The van der Waals surface area contributed by atoms with Gasteiger partial charge in [0.05, 0.1) is 5.71 Å². The van der Waals surface area contributed by atoms with Gasteiger partial charge in [0.2, 0.25) is 0 Å². The van der Waals surface area contributed by atoms with Crippen LogP contribution in [0, 0.1) is 29.6 Å². The van der Waals surface area contributed by atoms with Gasteiger partial charge < -0.3 is 5.21 Å². The molecule has 4 aliphatic carbocycles. The van der Waals surface area contributed by atoms with E-state index in [0.29, 0.717) is 5.92 Å². The standard InChI is InChI=1S/C13H21NO/c1-2-12(14-15)13-10-4-8-3-9(6-10)7-11(13)5-8/h8-11,13,15H,2-7H2,1H3/b14-12+. The number of nitrogens with zero attached hydrogens (tertiary/aromatic N) is 1. The molecule has 2 heteroatoms. The topological polar surface area (TPSA) is 32.6 Å². The average Bonchev–Trinajstić information content (AvgIpc) is 2.22. The summed E-state index contributed by atoms with van der Waals surface area (Å²) in [5.74, 6) is 4.37. The van der Waals surface area contributed by atoms with Crippen LogP contribution < -0.4 is 0 Å². The number of hydrogen-bond donors (Lipinski definition) is 1. The van der Waals surface area contributed by atoms with Crippen LogP contribution in [0.3, 0.4) is 0 Å². The summed E-state index contributed by atoms with van der Waals surface area (Å²) in [5, 5.41) is 12.7. The SMILES string of the molecule is CC/C(=N\O)C1C2CC3CC(C2)CC1C3. The molecule has 4 bridgehead atoms. The van der Waals surface area contributed by atoms with Crippen molar-refractivity contribution in [2.45, 2.75) is 45.4 Å². The molecule has 4 aliphatic rings. The monoisotopic (exact) mass is 207 g/mol. The van der Waals surface area contributed by atoms with E-state index in [1.807, 2.05) is 0 Å². The Bertz CT molecular complexity index is 256. The van der Waals surface area contributed by atoms with Crippen molar-refractivity contribution < 1.29 is 5.21 Å². The summed E-state index contributed by atoms with van der Waals surface area (Å²) in [7, 11) is 0. The molecule has 4 rings (SSSR count). The molecule has 0 saturated heterocycles. The van der Waals surface area contributed by atoms with Crippen molar-refractivity contribution in [3.8, 4) is 0 Å². The minimum Gasteiger partial charge on any atom is -0.411 e. The highest BCUT2D eigenvalue weighted by atomic mass is 16.4. The molecule has 4 saturated carbocycles. The van der Waals surface area contributed by atoms with Gasteiger partial charge in [-0.3, -0.25) is 0 Å². The third kappa shape index (κ3) is 1.41. The van der Waals surface area contributed by atoms with Gasteiger partial charge >= 0.3 is 0 Å². The normalized spacial score (nSPS) is 48.6. The molecule has 0 aromatic rings. The van der Waals surface area contributed by atoms with Gasteiger partial charge in [-0.15, -0.1) is 0 Å². The van der Waals surface area contributed by atoms with Crippen LogP contribution in [0.2, 0.25) is 0 Å². The maximum atomic E-state index is 9.10. The van der Waals surface area contributed by atoms with Crippen molar-refractivity contribution in [3.63, 3.8) is 0 Å². The average molecular weight is 207 g/mol. The van der Waals surface area contributed by atoms with Gasteiger partial charge in [-0.05, 0) is 62.2 Å². The van der Waals surface area contributed by atoms with E-state index in [9.17, 15) is 0 Å². The Morgan fingerprint density at radius 2 is 1.60 bits per heavy atom. The van der Waals surface area contributed by atoms with Crippen LogP contribution in [0.15, 0.2) is 5.16 Å². The minimum atomic E-state index is 0.632. The zero-order valence-electron chi connectivity index (χ0n) is 9.52. The fourth-order valence-corrected chi connectivity index (χ4v) is 4.84.